The molecule has 84 valence electrons. The Balaban J connectivity index is 4.11. The van der Waals surface area contributed by atoms with Gasteiger partial charge < -0.3 is 10.1 Å². The molecule has 0 saturated carbocycles. The van der Waals surface area contributed by atoms with Crippen molar-refractivity contribution in [1.29, 1.82) is 0 Å². The third-order valence-electron chi connectivity index (χ3n) is 1.80. The lowest BCUT2D eigenvalue weighted by atomic mass is 10.1. The maximum atomic E-state index is 11.7. The van der Waals surface area contributed by atoms with Gasteiger partial charge in [0, 0.05) is 12.6 Å². The Labute approximate surface area is 87.2 Å². The Hall–Kier alpha value is -0.570. The molecule has 14 heavy (non-hydrogen) atoms. The summed E-state index contributed by atoms with van der Waals surface area (Å²) < 4.78 is 5.50. The zero-order chi connectivity index (χ0) is 11.1. The fraction of sp³-hybridized carbons (Fsp3) is 0.909. The number of rotatable bonds is 6. The van der Waals surface area contributed by atoms with Crippen LogP contribution in [0.4, 0.5) is 0 Å². The molecule has 1 amide bonds. The fourth-order valence-corrected chi connectivity index (χ4v) is 1.18. The molecule has 0 fully saturated rings. The molecule has 0 aliphatic carbocycles. The maximum absolute atomic E-state index is 11.7. The second kappa shape index (κ2) is 6.82. The fourth-order valence-electron chi connectivity index (χ4n) is 1.18. The van der Waals surface area contributed by atoms with E-state index in [2.05, 4.69) is 5.32 Å². The SMILES string of the molecule is CCCOC(C(=O)NC(C)C)C(C)C. The van der Waals surface area contributed by atoms with Gasteiger partial charge in [0.2, 0.25) is 5.91 Å². The van der Waals surface area contributed by atoms with Gasteiger partial charge in [-0.05, 0) is 26.2 Å². The molecule has 0 saturated heterocycles. The zero-order valence-electron chi connectivity index (χ0n) is 9.96. The first-order chi connectivity index (χ1) is 6.49. The van der Waals surface area contributed by atoms with Crippen LogP contribution in [0.1, 0.15) is 41.0 Å². The topological polar surface area (TPSA) is 38.3 Å². The van der Waals surface area contributed by atoms with Crippen LogP contribution in [-0.4, -0.2) is 24.7 Å². The minimum Gasteiger partial charge on any atom is -0.368 e. The molecule has 0 aromatic carbocycles. The highest BCUT2D eigenvalue weighted by atomic mass is 16.5. The van der Waals surface area contributed by atoms with Crippen LogP contribution < -0.4 is 5.32 Å². The third-order valence-corrected chi connectivity index (χ3v) is 1.80. The van der Waals surface area contributed by atoms with Gasteiger partial charge in [-0.25, -0.2) is 0 Å². The highest BCUT2D eigenvalue weighted by Crippen LogP contribution is 2.07. The summed E-state index contributed by atoms with van der Waals surface area (Å²) in [4.78, 5) is 11.7. The van der Waals surface area contributed by atoms with Crippen molar-refractivity contribution in [2.75, 3.05) is 6.61 Å². The number of hydrogen-bond acceptors (Lipinski definition) is 2. The summed E-state index contributed by atoms with van der Waals surface area (Å²) in [6, 6.07) is 0.175. The van der Waals surface area contributed by atoms with Gasteiger partial charge in [-0.2, -0.15) is 0 Å². The van der Waals surface area contributed by atoms with Gasteiger partial charge in [-0.1, -0.05) is 20.8 Å². The van der Waals surface area contributed by atoms with Gasteiger partial charge in [-0.15, -0.1) is 0 Å². The summed E-state index contributed by atoms with van der Waals surface area (Å²) in [6.07, 6.45) is 0.635. The van der Waals surface area contributed by atoms with Gasteiger partial charge >= 0.3 is 0 Å². The van der Waals surface area contributed by atoms with Crippen molar-refractivity contribution in [2.45, 2.75) is 53.2 Å². The number of amides is 1. The highest BCUT2D eigenvalue weighted by molar-refractivity contribution is 5.81. The molecule has 0 radical (unpaired) electrons. The number of carbonyl (C=O) groups is 1. The molecule has 0 rings (SSSR count). The van der Waals surface area contributed by atoms with Gasteiger partial charge in [0.05, 0.1) is 0 Å². The first-order valence-electron chi connectivity index (χ1n) is 5.41. The molecule has 0 spiro atoms. The molecule has 3 nitrogen and oxygen atoms in total. The Bertz CT molecular complexity index is 167. The van der Waals surface area contributed by atoms with Crippen molar-refractivity contribution in [1.82, 2.24) is 5.32 Å². The molecule has 0 bridgehead atoms. The zero-order valence-corrected chi connectivity index (χ0v) is 9.96. The van der Waals surface area contributed by atoms with Crippen LogP contribution in [0.25, 0.3) is 0 Å². The molecule has 0 aromatic rings. The quantitative estimate of drug-likeness (QED) is 0.713. The minimum atomic E-state index is -0.308. The first-order valence-corrected chi connectivity index (χ1v) is 5.41. The molecule has 0 aliphatic heterocycles. The van der Waals surface area contributed by atoms with Crippen molar-refractivity contribution in [3.8, 4) is 0 Å². The largest absolute Gasteiger partial charge is 0.368 e. The monoisotopic (exact) mass is 201 g/mol. The summed E-state index contributed by atoms with van der Waals surface area (Å²) in [5.74, 6) is 0.226. The van der Waals surface area contributed by atoms with E-state index in [4.69, 9.17) is 4.74 Å². The maximum Gasteiger partial charge on any atom is 0.249 e. The first kappa shape index (κ1) is 13.4. The van der Waals surface area contributed by atoms with Gasteiger partial charge in [0.1, 0.15) is 6.10 Å². The van der Waals surface area contributed by atoms with Crippen LogP contribution in [0.5, 0.6) is 0 Å². The summed E-state index contributed by atoms with van der Waals surface area (Å²) in [5.41, 5.74) is 0. The predicted molar refractivity (Wildman–Crippen MR) is 58.1 cm³/mol. The van der Waals surface area contributed by atoms with Crippen molar-refractivity contribution in [2.24, 2.45) is 5.92 Å². The summed E-state index contributed by atoms with van der Waals surface area (Å²) in [6.45, 7) is 10.6. The van der Waals surface area contributed by atoms with E-state index >= 15 is 0 Å². The number of ether oxygens (including phenoxy) is 1. The molecule has 1 unspecified atom stereocenters. The number of carbonyl (C=O) groups excluding carboxylic acids is 1. The normalized spacial score (nSPS) is 13.4. The molecule has 3 heteroatoms. The van der Waals surface area contributed by atoms with Crippen LogP contribution >= 0.6 is 0 Å². The molecule has 0 aliphatic rings. The van der Waals surface area contributed by atoms with E-state index in [-0.39, 0.29) is 24.0 Å². The lowest BCUT2D eigenvalue weighted by Crippen LogP contribution is -2.42. The van der Waals surface area contributed by atoms with E-state index < -0.39 is 0 Å². The Kier molecular flexibility index (Phi) is 6.54. The van der Waals surface area contributed by atoms with E-state index in [1.165, 1.54) is 0 Å². The van der Waals surface area contributed by atoms with Crippen molar-refractivity contribution < 1.29 is 9.53 Å². The smallest absolute Gasteiger partial charge is 0.249 e. The predicted octanol–water partition coefficient (Wildman–Crippen LogP) is 1.96. The minimum absolute atomic E-state index is 0.00319. The standard InChI is InChI=1S/C11H23NO2/c1-6-7-14-10(8(2)3)11(13)12-9(4)5/h8-10H,6-7H2,1-5H3,(H,12,13). The Morgan fingerprint density at radius 3 is 2.21 bits per heavy atom. The van der Waals surface area contributed by atoms with Gasteiger partial charge in [0.25, 0.3) is 0 Å². The lowest BCUT2D eigenvalue weighted by Gasteiger charge is -2.21. The van der Waals surface area contributed by atoms with E-state index in [1.807, 2.05) is 34.6 Å². The van der Waals surface area contributed by atoms with Gasteiger partial charge in [0.15, 0.2) is 0 Å². The molecular formula is C11H23NO2. The molecule has 1 atom stereocenters. The summed E-state index contributed by atoms with van der Waals surface area (Å²) in [5, 5.41) is 2.87. The Morgan fingerprint density at radius 2 is 1.86 bits per heavy atom. The Morgan fingerprint density at radius 1 is 1.29 bits per heavy atom. The molecule has 0 heterocycles. The van der Waals surface area contributed by atoms with E-state index in [0.717, 1.165) is 6.42 Å². The van der Waals surface area contributed by atoms with Crippen LogP contribution in [0.3, 0.4) is 0 Å². The van der Waals surface area contributed by atoms with Crippen molar-refractivity contribution in [3.05, 3.63) is 0 Å². The van der Waals surface area contributed by atoms with Crippen molar-refractivity contribution in [3.63, 3.8) is 0 Å². The van der Waals surface area contributed by atoms with Crippen LogP contribution in [0, 0.1) is 5.92 Å². The lowest BCUT2D eigenvalue weighted by molar-refractivity contribution is -0.136. The van der Waals surface area contributed by atoms with E-state index in [1.54, 1.807) is 0 Å². The molecular weight excluding hydrogens is 178 g/mol. The average molecular weight is 201 g/mol. The number of hydrogen-bond donors (Lipinski definition) is 1. The van der Waals surface area contributed by atoms with Crippen LogP contribution in [0.15, 0.2) is 0 Å². The van der Waals surface area contributed by atoms with Crippen molar-refractivity contribution >= 4 is 5.91 Å². The second-order valence-electron chi connectivity index (χ2n) is 4.20. The highest BCUT2D eigenvalue weighted by Gasteiger charge is 2.22. The van der Waals surface area contributed by atoms with Crippen LogP contribution in [0.2, 0.25) is 0 Å². The van der Waals surface area contributed by atoms with Crippen LogP contribution in [-0.2, 0) is 9.53 Å². The molecule has 0 aromatic heterocycles. The van der Waals surface area contributed by atoms with E-state index in [0.29, 0.717) is 6.61 Å². The molecule has 1 N–H and O–H groups in total. The summed E-state index contributed by atoms with van der Waals surface area (Å²) in [7, 11) is 0. The third kappa shape index (κ3) is 5.22. The van der Waals surface area contributed by atoms with E-state index in [9.17, 15) is 4.79 Å². The summed E-state index contributed by atoms with van der Waals surface area (Å²) >= 11 is 0. The van der Waals surface area contributed by atoms with Gasteiger partial charge in [-0.3, -0.25) is 4.79 Å². The second-order valence-corrected chi connectivity index (χ2v) is 4.20. The number of nitrogens with one attached hydrogen (secondary N) is 1. The average Bonchev–Trinajstić information content (AvgIpc) is 2.02.